The van der Waals surface area contributed by atoms with Crippen LogP contribution in [0.15, 0.2) is 24.3 Å². The zero-order chi connectivity index (χ0) is 16.0. The van der Waals surface area contributed by atoms with Gasteiger partial charge in [0.15, 0.2) is 0 Å². The molecule has 1 atom stereocenters. The number of hydrogen-bond donors (Lipinski definition) is 2. The maximum absolute atomic E-state index is 12.0. The van der Waals surface area contributed by atoms with Gasteiger partial charge in [-0.1, -0.05) is 19.1 Å². The average Bonchev–Trinajstić information content (AvgIpc) is 2.45. The molecule has 1 aromatic rings. The molecule has 1 rings (SSSR count). The first kappa shape index (κ1) is 17.0. The van der Waals surface area contributed by atoms with Gasteiger partial charge in [0, 0.05) is 12.5 Å². The summed E-state index contributed by atoms with van der Waals surface area (Å²) < 4.78 is 5.09. The Hall–Kier alpha value is -2.04. The van der Waals surface area contributed by atoms with Gasteiger partial charge >= 0.3 is 5.97 Å². The number of amides is 1. The number of carboxylic acids is 1. The van der Waals surface area contributed by atoms with Gasteiger partial charge in [0.2, 0.25) is 5.91 Å². The number of carbonyl (C=O) groups excluding carboxylic acids is 1. The van der Waals surface area contributed by atoms with Gasteiger partial charge in [-0.3, -0.25) is 9.59 Å². The minimum Gasteiger partial charge on any atom is -0.497 e. The summed E-state index contributed by atoms with van der Waals surface area (Å²) in [6, 6.07) is 7.55. The van der Waals surface area contributed by atoms with Crippen LogP contribution < -0.4 is 10.1 Å². The first-order valence-electron chi connectivity index (χ1n) is 6.90. The SMILES string of the molecule is COc1ccc(CC(C)C(=O)NCC(C)(C)C(=O)O)cc1. The molecule has 1 amide bonds. The molecular formula is C16H23NO4. The first-order valence-corrected chi connectivity index (χ1v) is 6.90. The van der Waals surface area contributed by atoms with E-state index in [-0.39, 0.29) is 18.4 Å². The Morgan fingerprint density at radius 3 is 2.33 bits per heavy atom. The number of hydrogen-bond acceptors (Lipinski definition) is 3. The summed E-state index contributed by atoms with van der Waals surface area (Å²) in [6.07, 6.45) is 0.601. The van der Waals surface area contributed by atoms with Crippen molar-refractivity contribution in [3.8, 4) is 5.75 Å². The van der Waals surface area contributed by atoms with Gasteiger partial charge in [0.1, 0.15) is 5.75 Å². The Bertz CT molecular complexity index is 494. The lowest BCUT2D eigenvalue weighted by Crippen LogP contribution is -2.41. The Morgan fingerprint density at radius 2 is 1.86 bits per heavy atom. The van der Waals surface area contributed by atoms with Crippen LogP contribution in [0.5, 0.6) is 5.75 Å². The highest BCUT2D eigenvalue weighted by Gasteiger charge is 2.28. The van der Waals surface area contributed by atoms with E-state index in [2.05, 4.69) is 5.32 Å². The molecule has 0 aliphatic heterocycles. The standard InChI is InChI=1S/C16H23NO4/c1-11(9-12-5-7-13(21-4)8-6-12)14(18)17-10-16(2,3)15(19)20/h5-8,11H,9-10H2,1-4H3,(H,17,18)(H,19,20). The predicted molar refractivity (Wildman–Crippen MR) is 80.3 cm³/mol. The van der Waals surface area contributed by atoms with Crippen molar-refractivity contribution in [2.45, 2.75) is 27.2 Å². The van der Waals surface area contributed by atoms with Gasteiger partial charge in [0.25, 0.3) is 0 Å². The van der Waals surface area contributed by atoms with Crippen LogP contribution in [0.2, 0.25) is 0 Å². The van der Waals surface area contributed by atoms with Crippen molar-refractivity contribution < 1.29 is 19.4 Å². The summed E-state index contributed by atoms with van der Waals surface area (Å²) in [7, 11) is 1.61. The van der Waals surface area contributed by atoms with Crippen molar-refractivity contribution in [2.75, 3.05) is 13.7 Å². The second kappa shape index (κ2) is 7.11. The molecule has 0 heterocycles. The highest BCUT2D eigenvalue weighted by molar-refractivity contribution is 5.80. The molecule has 0 bridgehead atoms. The van der Waals surface area contributed by atoms with Crippen molar-refractivity contribution in [2.24, 2.45) is 11.3 Å². The molecule has 0 spiro atoms. The Labute approximate surface area is 125 Å². The molecule has 1 aromatic carbocycles. The Morgan fingerprint density at radius 1 is 1.29 bits per heavy atom. The summed E-state index contributed by atoms with van der Waals surface area (Å²) in [5, 5.41) is 11.7. The predicted octanol–water partition coefficient (Wildman–Crippen LogP) is 2.10. The van der Waals surface area contributed by atoms with E-state index in [9.17, 15) is 9.59 Å². The number of ether oxygens (including phenoxy) is 1. The molecule has 0 aliphatic carbocycles. The lowest BCUT2D eigenvalue weighted by molar-refractivity contribution is -0.146. The maximum Gasteiger partial charge on any atom is 0.310 e. The van der Waals surface area contributed by atoms with Gasteiger partial charge in [-0.2, -0.15) is 0 Å². The summed E-state index contributed by atoms with van der Waals surface area (Å²) >= 11 is 0. The van der Waals surface area contributed by atoms with Crippen LogP contribution in [0.1, 0.15) is 26.3 Å². The molecule has 1 unspecified atom stereocenters. The number of rotatable bonds is 7. The smallest absolute Gasteiger partial charge is 0.310 e. The van der Waals surface area contributed by atoms with Crippen LogP contribution in [0.3, 0.4) is 0 Å². The van der Waals surface area contributed by atoms with E-state index < -0.39 is 11.4 Å². The fraction of sp³-hybridized carbons (Fsp3) is 0.500. The third kappa shape index (κ3) is 5.10. The van der Waals surface area contributed by atoms with E-state index in [4.69, 9.17) is 9.84 Å². The lowest BCUT2D eigenvalue weighted by Gasteiger charge is -2.21. The zero-order valence-electron chi connectivity index (χ0n) is 13.0. The van der Waals surface area contributed by atoms with Gasteiger partial charge in [-0.15, -0.1) is 0 Å². The Kier molecular flexibility index (Phi) is 5.76. The molecule has 0 aliphatic rings. The minimum absolute atomic E-state index is 0.119. The highest BCUT2D eigenvalue weighted by Crippen LogP contribution is 2.16. The molecular weight excluding hydrogens is 270 g/mol. The monoisotopic (exact) mass is 293 g/mol. The summed E-state index contributed by atoms with van der Waals surface area (Å²) in [6.45, 7) is 5.12. The summed E-state index contributed by atoms with van der Waals surface area (Å²) in [4.78, 5) is 23.0. The van der Waals surface area contributed by atoms with Crippen molar-refractivity contribution in [3.63, 3.8) is 0 Å². The maximum atomic E-state index is 12.0. The van der Waals surface area contributed by atoms with Crippen LogP contribution in [-0.4, -0.2) is 30.6 Å². The van der Waals surface area contributed by atoms with E-state index in [0.29, 0.717) is 6.42 Å². The topological polar surface area (TPSA) is 75.6 Å². The fourth-order valence-electron chi connectivity index (χ4n) is 1.77. The third-order valence-electron chi connectivity index (χ3n) is 3.43. The van der Waals surface area contributed by atoms with Crippen LogP contribution in [0.25, 0.3) is 0 Å². The van der Waals surface area contributed by atoms with E-state index >= 15 is 0 Å². The van der Waals surface area contributed by atoms with Gasteiger partial charge < -0.3 is 15.2 Å². The van der Waals surface area contributed by atoms with E-state index in [1.54, 1.807) is 21.0 Å². The molecule has 5 heteroatoms. The number of carboxylic acid groups (broad SMARTS) is 1. The average molecular weight is 293 g/mol. The van der Waals surface area contributed by atoms with E-state index in [0.717, 1.165) is 11.3 Å². The second-order valence-electron chi connectivity index (χ2n) is 5.86. The fourth-order valence-corrected chi connectivity index (χ4v) is 1.77. The zero-order valence-corrected chi connectivity index (χ0v) is 13.0. The largest absolute Gasteiger partial charge is 0.497 e. The van der Waals surface area contributed by atoms with Gasteiger partial charge in [0.05, 0.1) is 12.5 Å². The van der Waals surface area contributed by atoms with Crippen molar-refractivity contribution in [1.82, 2.24) is 5.32 Å². The molecule has 0 radical (unpaired) electrons. The highest BCUT2D eigenvalue weighted by atomic mass is 16.5. The van der Waals surface area contributed by atoms with Crippen molar-refractivity contribution in [3.05, 3.63) is 29.8 Å². The minimum atomic E-state index is -0.963. The molecule has 21 heavy (non-hydrogen) atoms. The molecule has 0 fully saturated rings. The van der Waals surface area contributed by atoms with Gasteiger partial charge in [-0.05, 0) is 38.0 Å². The van der Waals surface area contributed by atoms with E-state index in [1.165, 1.54) is 0 Å². The molecule has 0 aromatic heterocycles. The van der Waals surface area contributed by atoms with Crippen molar-refractivity contribution >= 4 is 11.9 Å². The summed E-state index contributed by atoms with van der Waals surface area (Å²) in [5.74, 6) is -0.507. The summed E-state index contributed by atoms with van der Waals surface area (Å²) in [5.41, 5.74) is 0.0751. The number of methoxy groups -OCH3 is 1. The number of nitrogens with one attached hydrogen (secondary N) is 1. The van der Waals surface area contributed by atoms with Crippen molar-refractivity contribution in [1.29, 1.82) is 0 Å². The van der Waals surface area contributed by atoms with Crippen LogP contribution >= 0.6 is 0 Å². The van der Waals surface area contributed by atoms with Crippen LogP contribution in [0, 0.1) is 11.3 Å². The quantitative estimate of drug-likeness (QED) is 0.807. The normalized spacial score (nSPS) is 12.6. The first-order chi connectivity index (χ1) is 9.76. The molecule has 0 saturated carbocycles. The van der Waals surface area contributed by atoms with Crippen LogP contribution in [0.4, 0.5) is 0 Å². The van der Waals surface area contributed by atoms with E-state index in [1.807, 2.05) is 31.2 Å². The molecule has 116 valence electrons. The number of carbonyl (C=O) groups is 2. The number of benzene rings is 1. The lowest BCUT2D eigenvalue weighted by atomic mass is 9.93. The molecule has 5 nitrogen and oxygen atoms in total. The Balaban J connectivity index is 2.52. The third-order valence-corrected chi connectivity index (χ3v) is 3.43. The van der Waals surface area contributed by atoms with Gasteiger partial charge in [-0.25, -0.2) is 0 Å². The van der Waals surface area contributed by atoms with Crippen LogP contribution in [-0.2, 0) is 16.0 Å². The number of aliphatic carboxylic acids is 1. The second-order valence-corrected chi connectivity index (χ2v) is 5.86. The molecule has 2 N–H and O–H groups in total. The molecule has 0 saturated heterocycles.